The molecule has 15 heavy (non-hydrogen) atoms. The minimum Gasteiger partial charge on any atom is -0.273 e. The third-order valence-corrected chi connectivity index (χ3v) is 2.49. The van der Waals surface area contributed by atoms with Crippen molar-refractivity contribution in [2.24, 2.45) is 5.10 Å². The van der Waals surface area contributed by atoms with E-state index in [-0.39, 0.29) is 5.91 Å². The molecule has 0 unspecified atom stereocenters. The van der Waals surface area contributed by atoms with Crippen LogP contribution in [0, 0.1) is 0 Å². The lowest BCUT2D eigenvalue weighted by Crippen LogP contribution is -2.21. The van der Waals surface area contributed by atoms with Crippen LogP contribution >= 0.6 is 0 Å². The molecule has 1 aliphatic carbocycles. The fraction of sp³-hybridized carbons (Fsp3) is 0.500. The van der Waals surface area contributed by atoms with Gasteiger partial charge in [-0.2, -0.15) is 10.2 Å². The second-order valence-electron chi connectivity index (χ2n) is 3.65. The van der Waals surface area contributed by atoms with E-state index in [1.54, 1.807) is 12.3 Å². The first kappa shape index (κ1) is 9.89. The Hall–Kier alpha value is -1.65. The van der Waals surface area contributed by atoms with Crippen LogP contribution in [0.1, 0.15) is 42.6 Å². The van der Waals surface area contributed by atoms with Gasteiger partial charge in [-0.1, -0.05) is 6.42 Å². The van der Waals surface area contributed by atoms with Gasteiger partial charge in [0, 0.05) is 11.9 Å². The average Bonchev–Trinajstić information content (AvgIpc) is 2.81. The maximum absolute atomic E-state index is 11.5. The molecule has 1 fully saturated rings. The van der Waals surface area contributed by atoms with Crippen molar-refractivity contribution in [2.45, 2.75) is 32.1 Å². The molecule has 80 valence electrons. The molecule has 1 aliphatic rings. The van der Waals surface area contributed by atoms with Crippen LogP contribution in [0.2, 0.25) is 0 Å². The zero-order chi connectivity index (χ0) is 10.5. The normalized spacial score (nSPS) is 16.1. The number of aromatic nitrogens is 2. The van der Waals surface area contributed by atoms with Crippen molar-refractivity contribution >= 4 is 11.6 Å². The summed E-state index contributed by atoms with van der Waals surface area (Å²) in [6.07, 6.45) is 7.18. The number of carbonyl (C=O) groups excluding carboxylic acids is 1. The Labute approximate surface area is 88.0 Å². The highest BCUT2D eigenvalue weighted by Crippen LogP contribution is 2.14. The van der Waals surface area contributed by atoms with Gasteiger partial charge in [-0.05, 0) is 31.7 Å². The van der Waals surface area contributed by atoms with Crippen molar-refractivity contribution in [1.82, 2.24) is 15.6 Å². The van der Waals surface area contributed by atoms with E-state index in [2.05, 4.69) is 20.7 Å². The van der Waals surface area contributed by atoms with Gasteiger partial charge in [-0.25, -0.2) is 5.43 Å². The molecule has 5 heteroatoms. The average molecular weight is 206 g/mol. The molecule has 0 aliphatic heterocycles. The summed E-state index contributed by atoms with van der Waals surface area (Å²) in [5, 5.41) is 10.4. The van der Waals surface area contributed by atoms with Crippen molar-refractivity contribution in [3.05, 3.63) is 18.0 Å². The van der Waals surface area contributed by atoms with Crippen molar-refractivity contribution in [3.8, 4) is 0 Å². The van der Waals surface area contributed by atoms with Gasteiger partial charge in [0.05, 0.1) is 0 Å². The lowest BCUT2D eigenvalue weighted by atomic mass is 9.99. The summed E-state index contributed by atoms with van der Waals surface area (Å²) in [5.74, 6) is -0.231. The van der Waals surface area contributed by atoms with Gasteiger partial charge in [-0.3, -0.25) is 9.89 Å². The molecule has 0 bridgehead atoms. The van der Waals surface area contributed by atoms with Crippen molar-refractivity contribution in [1.29, 1.82) is 0 Å². The topological polar surface area (TPSA) is 70.1 Å². The first-order valence-electron chi connectivity index (χ1n) is 5.21. The summed E-state index contributed by atoms with van der Waals surface area (Å²) in [5.41, 5.74) is 4.06. The van der Waals surface area contributed by atoms with Crippen LogP contribution in [0.3, 0.4) is 0 Å². The Morgan fingerprint density at radius 1 is 1.40 bits per heavy atom. The fourth-order valence-corrected chi connectivity index (χ4v) is 1.64. The monoisotopic (exact) mass is 206 g/mol. The summed E-state index contributed by atoms with van der Waals surface area (Å²) < 4.78 is 0. The van der Waals surface area contributed by atoms with Crippen molar-refractivity contribution in [3.63, 3.8) is 0 Å². The van der Waals surface area contributed by atoms with Crippen LogP contribution in [0.15, 0.2) is 17.4 Å². The van der Waals surface area contributed by atoms with Crippen molar-refractivity contribution in [2.75, 3.05) is 0 Å². The van der Waals surface area contributed by atoms with E-state index in [1.807, 2.05) is 0 Å². The Morgan fingerprint density at radius 3 is 2.87 bits per heavy atom. The van der Waals surface area contributed by atoms with Gasteiger partial charge in [0.15, 0.2) is 0 Å². The molecule has 1 saturated carbocycles. The number of hydrazone groups is 1. The molecule has 1 aromatic rings. The smallest absolute Gasteiger partial charge is 0.273 e. The fourth-order valence-electron chi connectivity index (χ4n) is 1.64. The van der Waals surface area contributed by atoms with Gasteiger partial charge in [-0.15, -0.1) is 0 Å². The molecule has 1 aromatic heterocycles. The van der Waals surface area contributed by atoms with Gasteiger partial charge in [0.1, 0.15) is 5.69 Å². The number of H-pyrrole nitrogens is 1. The standard InChI is InChI=1S/C10H14N4O/c15-10(9-6-7-11-13-9)14-12-8-4-2-1-3-5-8/h6-7H,1-5H2,(H,11,13)(H,14,15). The van der Waals surface area contributed by atoms with Crippen molar-refractivity contribution < 1.29 is 4.79 Å². The predicted molar refractivity (Wildman–Crippen MR) is 56.6 cm³/mol. The number of nitrogens with one attached hydrogen (secondary N) is 2. The SMILES string of the molecule is O=C(NN=C1CCCCC1)c1ccn[nH]1. The number of rotatable bonds is 2. The number of aromatic amines is 1. The predicted octanol–water partition coefficient (Wildman–Crippen LogP) is 1.46. The molecule has 0 radical (unpaired) electrons. The molecular formula is C10H14N4O. The Balaban J connectivity index is 1.89. The van der Waals surface area contributed by atoms with Crippen LogP contribution in [0.4, 0.5) is 0 Å². The highest BCUT2D eigenvalue weighted by Gasteiger charge is 2.08. The quantitative estimate of drug-likeness (QED) is 0.719. The van der Waals surface area contributed by atoms with E-state index < -0.39 is 0 Å². The number of hydrogen-bond acceptors (Lipinski definition) is 3. The Bertz CT molecular complexity index is 348. The molecular weight excluding hydrogens is 192 g/mol. The third kappa shape index (κ3) is 2.65. The van der Waals surface area contributed by atoms with E-state index in [9.17, 15) is 4.79 Å². The summed E-state index contributed by atoms with van der Waals surface area (Å²) in [6.45, 7) is 0. The summed E-state index contributed by atoms with van der Waals surface area (Å²) in [7, 11) is 0. The molecule has 0 aromatic carbocycles. The molecule has 2 rings (SSSR count). The van der Waals surface area contributed by atoms with E-state index >= 15 is 0 Å². The lowest BCUT2D eigenvalue weighted by molar-refractivity contribution is 0.0949. The van der Waals surface area contributed by atoms with Gasteiger partial charge in [0.25, 0.3) is 5.91 Å². The van der Waals surface area contributed by atoms with Crippen LogP contribution in [-0.4, -0.2) is 21.8 Å². The zero-order valence-corrected chi connectivity index (χ0v) is 8.49. The molecule has 1 amide bonds. The van der Waals surface area contributed by atoms with Crippen LogP contribution < -0.4 is 5.43 Å². The molecule has 0 spiro atoms. The maximum Gasteiger partial charge on any atom is 0.289 e. The highest BCUT2D eigenvalue weighted by molar-refractivity contribution is 5.93. The summed E-state index contributed by atoms with van der Waals surface area (Å²) >= 11 is 0. The zero-order valence-electron chi connectivity index (χ0n) is 8.49. The van der Waals surface area contributed by atoms with Crippen LogP contribution in [-0.2, 0) is 0 Å². The lowest BCUT2D eigenvalue weighted by Gasteiger charge is -2.11. The molecule has 1 heterocycles. The number of nitrogens with zero attached hydrogens (tertiary/aromatic N) is 2. The van der Waals surface area contributed by atoms with Crippen LogP contribution in [0.5, 0.6) is 0 Å². The minimum absolute atomic E-state index is 0.231. The number of hydrogen-bond donors (Lipinski definition) is 2. The summed E-state index contributed by atoms with van der Waals surface area (Å²) in [6, 6.07) is 1.62. The van der Waals surface area contributed by atoms with E-state index in [0.717, 1.165) is 18.6 Å². The van der Waals surface area contributed by atoms with Gasteiger partial charge in [0.2, 0.25) is 0 Å². The van der Waals surface area contributed by atoms with Gasteiger partial charge >= 0.3 is 0 Å². The number of carbonyl (C=O) groups is 1. The summed E-state index contributed by atoms with van der Waals surface area (Å²) in [4.78, 5) is 11.5. The Morgan fingerprint density at radius 2 is 2.20 bits per heavy atom. The largest absolute Gasteiger partial charge is 0.289 e. The van der Waals surface area contributed by atoms with Crippen LogP contribution in [0.25, 0.3) is 0 Å². The van der Waals surface area contributed by atoms with E-state index in [1.165, 1.54) is 19.3 Å². The maximum atomic E-state index is 11.5. The number of amides is 1. The second-order valence-corrected chi connectivity index (χ2v) is 3.65. The molecule has 0 saturated heterocycles. The van der Waals surface area contributed by atoms with E-state index in [4.69, 9.17) is 0 Å². The molecule has 0 atom stereocenters. The van der Waals surface area contributed by atoms with Gasteiger partial charge < -0.3 is 0 Å². The first-order valence-corrected chi connectivity index (χ1v) is 5.21. The highest BCUT2D eigenvalue weighted by atomic mass is 16.2. The third-order valence-electron chi connectivity index (χ3n) is 2.49. The first-order chi connectivity index (χ1) is 7.36. The molecule has 5 nitrogen and oxygen atoms in total. The van der Waals surface area contributed by atoms with E-state index in [0.29, 0.717) is 5.69 Å². The minimum atomic E-state index is -0.231. The molecule has 2 N–H and O–H groups in total. The Kier molecular flexibility index (Phi) is 3.11. The second kappa shape index (κ2) is 4.72.